The van der Waals surface area contributed by atoms with Gasteiger partial charge in [0.2, 0.25) is 0 Å². The van der Waals surface area contributed by atoms with Crippen LogP contribution in [0.15, 0.2) is 18.3 Å². The van der Waals surface area contributed by atoms with E-state index in [4.69, 9.17) is 0 Å². The minimum atomic E-state index is -0.694. The van der Waals surface area contributed by atoms with E-state index in [0.717, 1.165) is 28.9 Å². The molecule has 1 unspecified atom stereocenters. The van der Waals surface area contributed by atoms with Gasteiger partial charge in [0.05, 0.1) is 10.3 Å². The van der Waals surface area contributed by atoms with Crippen molar-refractivity contribution in [2.24, 2.45) is 7.05 Å². The summed E-state index contributed by atoms with van der Waals surface area (Å²) < 4.78 is 17.1. The molecule has 0 saturated carbocycles. The molecule has 0 saturated heterocycles. The molecule has 27 heavy (non-hydrogen) atoms. The second-order valence-corrected chi connectivity index (χ2v) is 8.75. The summed E-state index contributed by atoms with van der Waals surface area (Å²) >= 11 is 3.18. The fourth-order valence-corrected chi connectivity index (χ4v) is 5.80. The standard InChI is InChI=1S/C19H21FN4OS2/c1-4-10(5-6-21-2)13-8-14-19(26-13)22-18(27-14)12-7-11-9-24(3)23-16(11)15(20)17(12)25/h7-10,21,25H,4-6H2,1-3H3. The highest BCUT2D eigenvalue weighted by Crippen LogP contribution is 2.43. The van der Waals surface area contributed by atoms with Gasteiger partial charge in [0.25, 0.3) is 0 Å². The first-order valence-corrected chi connectivity index (χ1v) is 10.5. The van der Waals surface area contributed by atoms with Crippen molar-refractivity contribution in [2.45, 2.75) is 25.7 Å². The summed E-state index contributed by atoms with van der Waals surface area (Å²) in [7, 11) is 3.70. The van der Waals surface area contributed by atoms with Crippen molar-refractivity contribution in [1.29, 1.82) is 0 Å². The maximum absolute atomic E-state index is 14.5. The molecule has 0 aliphatic carbocycles. The minimum absolute atomic E-state index is 0.176. The maximum Gasteiger partial charge on any atom is 0.193 e. The number of nitrogens with zero attached hydrogens (tertiary/aromatic N) is 3. The number of phenols is 1. The van der Waals surface area contributed by atoms with Crippen LogP contribution in [0.4, 0.5) is 4.39 Å². The Morgan fingerprint density at radius 3 is 2.85 bits per heavy atom. The Kier molecular flexibility index (Phi) is 4.88. The maximum atomic E-state index is 14.5. The topological polar surface area (TPSA) is 63.0 Å². The van der Waals surface area contributed by atoms with E-state index >= 15 is 0 Å². The summed E-state index contributed by atoms with van der Waals surface area (Å²) in [6.07, 6.45) is 3.92. The van der Waals surface area contributed by atoms with E-state index in [0.29, 0.717) is 21.9 Å². The molecule has 5 nitrogen and oxygen atoms in total. The SMILES string of the molecule is CCC(CCNC)c1cc2sc(-c3cc4cn(C)nc4c(F)c3O)nc2s1. The number of aromatic hydroxyl groups is 1. The van der Waals surface area contributed by atoms with E-state index in [9.17, 15) is 9.50 Å². The molecule has 4 rings (SSSR count). The Morgan fingerprint density at radius 2 is 2.15 bits per heavy atom. The molecule has 0 aliphatic heterocycles. The molecule has 4 aromatic rings. The number of hydrogen-bond donors (Lipinski definition) is 2. The summed E-state index contributed by atoms with van der Waals surface area (Å²) in [4.78, 5) is 6.97. The third-order valence-corrected chi connectivity index (χ3v) is 7.16. The second-order valence-electron chi connectivity index (χ2n) is 6.66. The first-order valence-electron chi connectivity index (χ1n) is 8.91. The molecule has 3 heterocycles. The van der Waals surface area contributed by atoms with Crippen LogP contribution in [-0.2, 0) is 7.05 Å². The van der Waals surface area contributed by atoms with Crippen molar-refractivity contribution in [3.63, 3.8) is 0 Å². The van der Waals surface area contributed by atoms with Crippen molar-refractivity contribution >= 4 is 43.1 Å². The van der Waals surface area contributed by atoms with Crippen molar-refractivity contribution < 1.29 is 9.50 Å². The second kappa shape index (κ2) is 7.18. The minimum Gasteiger partial charge on any atom is -0.504 e. The fraction of sp³-hybridized carbons (Fsp3) is 0.368. The number of thiazole rings is 1. The average molecular weight is 405 g/mol. The largest absolute Gasteiger partial charge is 0.504 e. The van der Waals surface area contributed by atoms with Crippen molar-refractivity contribution in [2.75, 3.05) is 13.6 Å². The van der Waals surface area contributed by atoms with Crippen LogP contribution in [0.2, 0.25) is 0 Å². The highest BCUT2D eigenvalue weighted by Gasteiger charge is 2.21. The summed E-state index contributed by atoms with van der Waals surface area (Å²) in [5.41, 5.74) is 0.597. The Balaban J connectivity index is 1.74. The van der Waals surface area contributed by atoms with E-state index in [1.165, 1.54) is 16.2 Å². The van der Waals surface area contributed by atoms with Gasteiger partial charge < -0.3 is 10.4 Å². The summed E-state index contributed by atoms with van der Waals surface area (Å²) in [5, 5.41) is 18.9. The van der Waals surface area contributed by atoms with Crippen LogP contribution in [-0.4, -0.2) is 33.5 Å². The number of benzene rings is 1. The van der Waals surface area contributed by atoms with Crippen LogP contribution in [0.5, 0.6) is 5.75 Å². The third-order valence-electron chi connectivity index (χ3n) is 4.80. The zero-order chi connectivity index (χ0) is 19.1. The van der Waals surface area contributed by atoms with Gasteiger partial charge in [0.15, 0.2) is 11.6 Å². The molecule has 0 aliphatic rings. The monoisotopic (exact) mass is 404 g/mol. The predicted molar refractivity (Wildman–Crippen MR) is 110 cm³/mol. The van der Waals surface area contributed by atoms with Gasteiger partial charge in [0.1, 0.15) is 15.4 Å². The number of aryl methyl sites for hydroxylation is 1. The van der Waals surface area contributed by atoms with E-state index in [1.807, 2.05) is 7.05 Å². The van der Waals surface area contributed by atoms with Gasteiger partial charge in [-0.15, -0.1) is 22.7 Å². The van der Waals surface area contributed by atoms with Crippen LogP contribution in [0, 0.1) is 5.82 Å². The van der Waals surface area contributed by atoms with Gasteiger partial charge in [-0.25, -0.2) is 9.37 Å². The molecule has 8 heteroatoms. The molecule has 2 N–H and O–H groups in total. The lowest BCUT2D eigenvalue weighted by Crippen LogP contribution is -2.11. The molecule has 0 bridgehead atoms. The summed E-state index contributed by atoms with van der Waals surface area (Å²) in [6, 6.07) is 3.95. The van der Waals surface area contributed by atoms with Gasteiger partial charge in [-0.05, 0) is 44.5 Å². The van der Waals surface area contributed by atoms with Gasteiger partial charge in [0, 0.05) is 23.5 Å². The normalized spacial score (nSPS) is 13.0. The fourth-order valence-electron chi connectivity index (χ4n) is 3.34. The predicted octanol–water partition coefficient (Wildman–Crippen LogP) is 4.86. The molecular formula is C19H21FN4OS2. The Labute approximate surface area is 164 Å². The number of nitrogens with one attached hydrogen (secondary N) is 1. The van der Waals surface area contributed by atoms with Gasteiger partial charge >= 0.3 is 0 Å². The molecule has 0 amide bonds. The van der Waals surface area contributed by atoms with Crippen LogP contribution >= 0.6 is 22.7 Å². The Morgan fingerprint density at radius 1 is 1.33 bits per heavy atom. The zero-order valence-corrected chi connectivity index (χ0v) is 17.0. The lowest BCUT2D eigenvalue weighted by Gasteiger charge is -2.11. The highest BCUT2D eigenvalue weighted by molar-refractivity contribution is 7.28. The molecular weight excluding hydrogens is 383 g/mol. The number of rotatable bonds is 6. The number of fused-ring (bicyclic) bond motifs is 2. The van der Waals surface area contributed by atoms with Crippen molar-refractivity contribution in [1.82, 2.24) is 20.1 Å². The summed E-state index contributed by atoms with van der Waals surface area (Å²) in [6.45, 7) is 3.19. The molecule has 0 radical (unpaired) electrons. The Bertz CT molecular complexity index is 1080. The number of hydrogen-bond acceptors (Lipinski definition) is 6. The van der Waals surface area contributed by atoms with Gasteiger partial charge in [-0.1, -0.05) is 6.92 Å². The zero-order valence-electron chi connectivity index (χ0n) is 15.4. The first-order chi connectivity index (χ1) is 13.0. The van der Waals surface area contributed by atoms with Crippen LogP contribution in [0.1, 0.15) is 30.6 Å². The van der Waals surface area contributed by atoms with Crippen LogP contribution in [0.3, 0.4) is 0 Å². The smallest absolute Gasteiger partial charge is 0.193 e. The number of phenolic OH excluding ortho intramolecular Hbond substituents is 1. The van der Waals surface area contributed by atoms with E-state index < -0.39 is 5.82 Å². The van der Waals surface area contributed by atoms with Crippen LogP contribution < -0.4 is 5.32 Å². The molecule has 1 aromatic carbocycles. The summed E-state index contributed by atoms with van der Waals surface area (Å²) in [5.74, 6) is -0.561. The average Bonchev–Trinajstić information content (AvgIpc) is 3.31. The van der Waals surface area contributed by atoms with Crippen molar-refractivity contribution in [3.05, 3.63) is 29.0 Å². The first kappa shape index (κ1) is 18.3. The lowest BCUT2D eigenvalue weighted by atomic mass is 10.0. The van der Waals surface area contributed by atoms with E-state index in [-0.39, 0.29) is 11.3 Å². The molecule has 0 spiro atoms. The van der Waals surface area contributed by atoms with E-state index in [1.54, 1.807) is 35.3 Å². The molecule has 142 valence electrons. The van der Waals surface area contributed by atoms with Gasteiger partial charge in [-0.3, -0.25) is 4.68 Å². The lowest BCUT2D eigenvalue weighted by molar-refractivity contribution is 0.437. The Hall–Kier alpha value is -2.03. The molecule has 0 fully saturated rings. The number of aromatic nitrogens is 3. The van der Waals surface area contributed by atoms with Crippen molar-refractivity contribution in [3.8, 4) is 16.3 Å². The van der Waals surface area contributed by atoms with E-state index in [2.05, 4.69) is 28.4 Å². The number of thiophene rings is 1. The van der Waals surface area contributed by atoms with Crippen LogP contribution in [0.25, 0.3) is 31.0 Å². The highest BCUT2D eigenvalue weighted by atomic mass is 32.1. The van der Waals surface area contributed by atoms with Gasteiger partial charge in [-0.2, -0.15) is 5.10 Å². The number of halogens is 1. The quantitative estimate of drug-likeness (QED) is 0.482. The third kappa shape index (κ3) is 3.22. The molecule has 3 aromatic heterocycles. The molecule has 1 atom stereocenters.